The Morgan fingerprint density at radius 2 is 1.21 bits per heavy atom. The quantitative estimate of drug-likeness (QED) is 0.831. The number of rotatable bonds is 4. The molecule has 1 aliphatic carbocycles. The Labute approximate surface area is 163 Å². The predicted molar refractivity (Wildman–Crippen MR) is 106 cm³/mol. The molecule has 0 radical (unpaired) electrons. The maximum absolute atomic E-state index is 13.6. The van der Waals surface area contributed by atoms with Gasteiger partial charge >= 0.3 is 0 Å². The van der Waals surface area contributed by atoms with E-state index in [4.69, 9.17) is 5.73 Å². The topological polar surface area (TPSA) is 83.7 Å². The molecule has 1 heterocycles. The first-order chi connectivity index (χ1) is 13.6. The zero-order chi connectivity index (χ0) is 19.7. The number of amides is 3. The van der Waals surface area contributed by atoms with Gasteiger partial charge in [0.05, 0.1) is 16.8 Å². The maximum atomic E-state index is 13.6. The number of carbonyl (C=O) groups is 3. The van der Waals surface area contributed by atoms with Crippen molar-refractivity contribution >= 4 is 29.1 Å². The molecule has 3 amide bonds. The molecule has 6 nitrogen and oxygen atoms in total. The van der Waals surface area contributed by atoms with E-state index in [1.54, 1.807) is 24.3 Å². The van der Waals surface area contributed by atoms with Crippen molar-refractivity contribution < 1.29 is 14.4 Å². The summed E-state index contributed by atoms with van der Waals surface area (Å²) < 4.78 is 0. The van der Waals surface area contributed by atoms with Crippen LogP contribution in [0.4, 0.5) is 11.4 Å². The zero-order valence-corrected chi connectivity index (χ0v) is 15.6. The van der Waals surface area contributed by atoms with E-state index < -0.39 is 17.2 Å². The Kier molecular flexibility index (Phi) is 4.63. The highest BCUT2D eigenvalue weighted by Crippen LogP contribution is 2.47. The zero-order valence-electron chi connectivity index (χ0n) is 15.6. The van der Waals surface area contributed by atoms with Crippen LogP contribution in [0.2, 0.25) is 0 Å². The Morgan fingerprint density at radius 1 is 0.786 bits per heavy atom. The number of hydrazine groups is 1. The highest BCUT2D eigenvalue weighted by molar-refractivity contribution is 6.25. The van der Waals surface area contributed by atoms with Gasteiger partial charge < -0.3 is 5.73 Å². The smallest absolute Gasteiger partial charge is 0.259 e. The minimum atomic E-state index is -1.12. The summed E-state index contributed by atoms with van der Waals surface area (Å²) in [6, 6.07) is 18.1. The number of benzene rings is 2. The van der Waals surface area contributed by atoms with Gasteiger partial charge in [0.2, 0.25) is 5.91 Å². The van der Waals surface area contributed by atoms with Crippen LogP contribution in [0.15, 0.2) is 60.7 Å². The first kappa shape index (κ1) is 18.2. The van der Waals surface area contributed by atoms with Crippen molar-refractivity contribution in [3.63, 3.8) is 0 Å². The van der Waals surface area contributed by atoms with Crippen molar-refractivity contribution in [3.05, 3.63) is 60.7 Å². The van der Waals surface area contributed by atoms with Crippen LogP contribution >= 0.6 is 0 Å². The summed E-state index contributed by atoms with van der Waals surface area (Å²) in [5.41, 5.74) is 5.84. The molecule has 1 aliphatic heterocycles. The maximum Gasteiger partial charge on any atom is 0.259 e. The Balaban J connectivity index is 1.85. The SMILES string of the molecule is NC(=O)C1(C2C(=O)N(c3ccccc3)N(c3ccccc3)C2=O)CCCCC1. The van der Waals surface area contributed by atoms with Crippen LogP contribution in [0, 0.1) is 11.3 Å². The molecule has 0 bridgehead atoms. The second kappa shape index (κ2) is 7.11. The molecule has 0 spiro atoms. The summed E-state index contributed by atoms with van der Waals surface area (Å²) in [5.74, 6) is -2.42. The van der Waals surface area contributed by atoms with E-state index in [-0.39, 0.29) is 11.8 Å². The molecule has 2 aromatic carbocycles. The van der Waals surface area contributed by atoms with Gasteiger partial charge in [-0.3, -0.25) is 14.4 Å². The Morgan fingerprint density at radius 3 is 1.61 bits per heavy atom. The second-order valence-corrected chi connectivity index (χ2v) is 7.49. The van der Waals surface area contributed by atoms with E-state index in [1.807, 2.05) is 36.4 Å². The van der Waals surface area contributed by atoms with Gasteiger partial charge in [-0.25, -0.2) is 10.0 Å². The number of primary amides is 1. The van der Waals surface area contributed by atoms with E-state index in [2.05, 4.69) is 0 Å². The van der Waals surface area contributed by atoms with Crippen molar-refractivity contribution in [2.45, 2.75) is 32.1 Å². The number of carbonyl (C=O) groups excluding carboxylic acids is 3. The molecule has 2 aromatic rings. The fraction of sp³-hybridized carbons (Fsp3) is 0.318. The van der Waals surface area contributed by atoms with Gasteiger partial charge in [0, 0.05) is 0 Å². The lowest BCUT2D eigenvalue weighted by Gasteiger charge is -2.36. The van der Waals surface area contributed by atoms with Crippen LogP contribution in [-0.2, 0) is 14.4 Å². The minimum Gasteiger partial charge on any atom is -0.369 e. The van der Waals surface area contributed by atoms with Gasteiger partial charge in [0.1, 0.15) is 5.92 Å². The van der Waals surface area contributed by atoms with Gasteiger partial charge in [-0.15, -0.1) is 0 Å². The third-order valence-electron chi connectivity index (χ3n) is 5.90. The molecule has 0 aromatic heterocycles. The van der Waals surface area contributed by atoms with Gasteiger partial charge in [-0.05, 0) is 37.1 Å². The lowest BCUT2D eigenvalue weighted by Crippen LogP contribution is -2.49. The molecule has 2 aliphatic rings. The number of nitrogens with two attached hydrogens (primary N) is 1. The van der Waals surface area contributed by atoms with Crippen LogP contribution < -0.4 is 15.8 Å². The van der Waals surface area contributed by atoms with Crippen molar-refractivity contribution in [1.29, 1.82) is 0 Å². The molecule has 2 N–H and O–H groups in total. The molecule has 0 unspecified atom stereocenters. The summed E-state index contributed by atoms with van der Waals surface area (Å²) in [6.45, 7) is 0. The fourth-order valence-corrected chi connectivity index (χ4v) is 4.50. The van der Waals surface area contributed by atoms with Gasteiger partial charge in [0.25, 0.3) is 11.8 Å². The molecular formula is C22H23N3O3. The van der Waals surface area contributed by atoms with E-state index in [0.29, 0.717) is 24.2 Å². The largest absolute Gasteiger partial charge is 0.369 e. The number of hydrogen-bond donors (Lipinski definition) is 1. The summed E-state index contributed by atoms with van der Waals surface area (Å²) in [7, 11) is 0. The Bertz CT molecular complexity index is 834. The molecule has 6 heteroatoms. The van der Waals surface area contributed by atoms with E-state index in [1.165, 1.54) is 10.0 Å². The average molecular weight is 377 g/mol. The van der Waals surface area contributed by atoms with Crippen molar-refractivity contribution in [2.75, 3.05) is 10.0 Å². The van der Waals surface area contributed by atoms with E-state index >= 15 is 0 Å². The Hall–Kier alpha value is -3.15. The lowest BCUT2D eigenvalue weighted by molar-refractivity contribution is -0.145. The summed E-state index contributed by atoms with van der Waals surface area (Å²) >= 11 is 0. The average Bonchev–Trinajstić information content (AvgIpc) is 3.00. The first-order valence-corrected chi connectivity index (χ1v) is 9.64. The van der Waals surface area contributed by atoms with Crippen molar-refractivity contribution in [1.82, 2.24) is 0 Å². The van der Waals surface area contributed by atoms with Crippen LogP contribution in [0.3, 0.4) is 0 Å². The fourth-order valence-electron chi connectivity index (χ4n) is 4.50. The van der Waals surface area contributed by atoms with Gasteiger partial charge in [-0.1, -0.05) is 55.7 Å². The normalized spacial score (nSPS) is 19.9. The molecule has 28 heavy (non-hydrogen) atoms. The summed E-state index contributed by atoms with van der Waals surface area (Å²) in [4.78, 5) is 39.7. The lowest BCUT2D eigenvalue weighted by atomic mass is 9.65. The number of anilines is 2. The summed E-state index contributed by atoms with van der Waals surface area (Å²) in [6.07, 6.45) is 3.49. The molecule has 144 valence electrons. The molecule has 1 saturated heterocycles. The van der Waals surface area contributed by atoms with Crippen LogP contribution in [0.25, 0.3) is 0 Å². The first-order valence-electron chi connectivity index (χ1n) is 9.64. The molecule has 0 atom stereocenters. The van der Waals surface area contributed by atoms with E-state index in [9.17, 15) is 14.4 Å². The molecule has 2 fully saturated rings. The number of hydrogen-bond acceptors (Lipinski definition) is 3. The third-order valence-corrected chi connectivity index (χ3v) is 5.90. The number of nitrogens with zero attached hydrogens (tertiary/aromatic N) is 2. The molecular weight excluding hydrogens is 354 g/mol. The van der Waals surface area contributed by atoms with Crippen molar-refractivity contribution in [3.8, 4) is 0 Å². The third kappa shape index (κ3) is 2.76. The van der Waals surface area contributed by atoms with Gasteiger partial charge in [-0.2, -0.15) is 0 Å². The van der Waals surface area contributed by atoms with Crippen molar-refractivity contribution in [2.24, 2.45) is 17.1 Å². The molecule has 1 saturated carbocycles. The van der Waals surface area contributed by atoms with Crippen LogP contribution in [0.1, 0.15) is 32.1 Å². The second-order valence-electron chi connectivity index (χ2n) is 7.49. The highest BCUT2D eigenvalue weighted by Gasteiger charge is 2.60. The standard InChI is InChI=1S/C22H23N3O3/c23-21(28)22(14-8-3-9-15-22)18-19(26)24(16-10-4-1-5-11-16)25(20(18)27)17-12-6-2-7-13-17/h1-2,4-7,10-13,18H,3,8-9,14-15H2,(H2,23,28). The van der Waals surface area contributed by atoms with Gasteiger partial charge in [0.15, 0.2) is 0 Å². The van der Waals surface area contributed by atoms with Crippen LogP contribution in [-0.4, -0.2) is 17.7 Å². The van der Waals surface area contributed by atoms with E-state index in [0.717, 1.165) is 19.3 Å². The highest BCUT2D eigenvalue weighted by atomic mass is 16.2. The monoisotopic (exact) mass is 377 g/mol. The molecule has 4 rings (SSSR count). The summed E-state index contributed by atoms with van der Waals surface area (Å²) in [5, 5.41) is 2.78. The van der Waals surface area contributed by atoms with Crippen LogP contribution in [0.5, 0.6) is 0 Å². The minimum absolute atomic E-state index is 0.388. The predicted octanol–water partition coefficient (Wildman–Crippen LogP) is 3.03. The number of para-hydroxylation sites is 2.